The zero-order chi connectivity index (χ0) is 11.8. The molecule has 0 heterocycles. The molecule has 0 aromatic heterocycles. The second kappa shape index (κ2) is 4.02. The van der Waals surface area contributed by atoms with E-state index in [4.69, 9.17) is 5.21 Å². The van der Waals surface area contributed by atoms with Crippen molar-refractivity contribution >= 4 is 11.4 Å². The van der Waals surface area contributed by atoms with Crippen molar-refractivity contribution in [3.05, 3.63) is 30.1 Å². The maximum Gasteiger partial charge on any atom is 0.123 e. The van der Waals surface area contributed by atoms with Gasteiger partial charge in [0.2, 0.25) is 0 Å². The predicted octanol–water partition coefficient (Wildman–Crippen LogP) is 2.87. The average molecular weight is 234 g/mol. The fraction of sp³-hybridized carbons (Fsp3) is 0.462. The third-order valence-electron chi connectivity index (χ3n) is 3.96. The van der Waals surface area contributed by atoms with E-state index in [2.05, 4.69) is 10.5 Å². The summed E-state index contributed by atoms with van der Waals surface area (Å²) in [4.78, 5) is 0. The summed E-state index contributed by atoms with van der Waals surface area (Å²) in [5, 5.41) is 15.9. The summed E-state index contributed by atoms with van der Waals surface area (Å²) in [7, 11) is 0. The van der Waals surface area contributed by atoms with Gasteiger partial charge in [-0.1, -0.05) is 5.16 Å². The van der Waals surface area contributed by atoms with E-state index in [-0.39, 0.29) is 11.9 Å². The van der Waals surface area contributed by atoms with Crippen LogP contribution in [0.25, 0.3) is 0 Å². The minimum absolute atomic E-state index is 0.115. The Bertz CT molecular complexity index is 443. The summed E-state index contributed by atoms with van der Waals surface area (Å²) in [6, 6.07) is 6.42. The maximum absolute atomic E-state index is 12.8. The molecule has 3 unspecified atom stereocenters. The van der Waals surface area contributed by atoms with Crippen LogP contribution in [0.3, 0.4) is 0 Å². The van der Waals surface area contributed by atoms with Crippen molar-refractivity contribution in [2.75, 3.05) is 5.32 Å². The number of rotatable bonds is 2. The van der Waals surface area contributed by atoms with Crippen LogP contribution >= 0.6 is 0 Å². The Hall–Kier alpha value is -1.58. The lowest BCUT2D eigenvalue weighted by atomic mass is 9.93. The van der Waals surface area contributed by atoms with Gasteiger partial charge in [0.1, 0.15) is 5.82 Å². The van der Waals surface area contributed by atoms with Gasteiger partial charge in [-0.3, -0.25) is 0 Å². The molecule has 2 N–H and O–H groups in total. The average Bonchev–Trinajstić information content (AvgIpc) is 2.92. The Balaban J connectivity index is 1.79. The number of fused-ring (bicyclic) bond motifs is 2. The quantitative estimate of drug-likeness (QED) is 0.610. The minimum atomic E-state index is -0.237. The predicted molar refractivity (Wildman–Crippen MR) is 63.9 cm³/mol. The van der Waals surface area contributed by atoms with Gasteiger partial charge in [0.05, 0.1) is 11.8 Å². The van der Waals surface area contributed by atoms with Crippen LogP contribution in [0.1, 0.15) is 19.3 Å². The van der Waals surface area contributed by atoms with Gasteiger partial charge in [-0.25, -0.2) is 4.39 Å². The van der Waals surface area contributed by atoms with Gasteiger partial charge in [-0.15, -0.1) is 0 Å². The second-order valence-corrected chi connectivity index (χ2v) is 4.92. The highest BCUT2D eigenvalue weighted by Crippen LogP contribution is 2.43. The molecular formula is C13H15FN2O. The molecule has 2 bridgehead atoms. The molecule has 0 aliphatic heterocycles. The zero-order valence-electron chi connectivity index (χ0n) is 9.44. The van der Waals surface area contributed by atoms with Gasteiger partial charge in [-0.05, 0) is 49.4 Å². The van der Waals surface area contributed by atoms with E-state index >= 15 is 0 Å². The number of halogens is 1. The fourth-order valence-corrected chi connectivity index (χ4v) is 3.14. The molecule has 17 heavy (non-hydrogen) atoms. The molecule has 90 valence electrons. The maximum atomic E-state index is 12.8. The molecule has 2 aliphatic carbocycles. The highest BCUT2D eigenvalue weighted by atomic mass is 19.1. The lowest BCUT2D eigenvalue weighted by Gasteiger charge is -2.24. The van der Waals surface area contributed by atoms with Crippen LogP contribution in [0.5, 0.6) is 0 Å². The lowest BCUT2D eigenvalue weighted by molar-refractivity contribution is 0.312. The molecule has 0 spiro atoms. The van der Waals surface area contributed by atoms with E-state index in [1.165, 1.54) is 18.6 Å². The van der Waals surface area contributed by atoms with Crippen LogP contribution in [0.15, 0.2) is 29.4 Å². The molecule has 0 saturated heterocycles. The first kappa shape index (κ1) is 10.6. The van der Waals surface area contributed by atoms with Crippen LogP contribution < -0.4 is 5.32 Å². The van der Waals surface area contributed by atoms with Gasteiger partial charge in [-0.2, -0.15) is 0 Å². The Morgan fingerprint density at radius 3 is 2.71 bits per heavy atom. The van der Waals surface area contributed by atoms with E-state index in [9.17, 15) is 4.39 Å². The third kappa shape index (κ3) is 1.77. The molecule has 4 heteroatoms. The van der Waals surface area contributed by atoms with Crippen LogP contribution in [-0.2, 0) is 0 Å². The number of oxime groups is 1. The Morgan fingerprint density at radius 2 is 2.00 bits per heavy atom. The molecule has 1 aromatic carbocycles. The molecule has 3 rings (SSSR count). The summed E-state index contributed by atoms with van der Waals surface area (Å²) in [5.74, 6) is 0.749. The normalized spacial score (nSPS) is 33.2. The number of hydrogen-bond donors (Lipinski definition) is 2. The monoisotopic (exact) mass is 234 g/mol. The van der Waals surface area contributed by atoms with E-state index < -0.39 is 0 Å². The minimum Gasteiger partial charge on any atom is -0.411 e. The van der Waals surface area contributed by atoms with Gasteiger partial charge in [0.15, 0.2) is 0 Å². The molecule has 2 saturated carbocycles. The van der Waals surface area contributed by atoms with E-state index in [0.717, 1.165) is 24.2 Å². The van der Waals surface area contributed by atoms with Crippen molar-refractivity contribution in [3.8, 4) is 0 Å². The first-order chi connectivity index (χ1) is 8.28. The summed E-state index contributed by atoms with van der Waals surface area (Å²) in [6.45, 7) is 0. The summed E-state index contributed by atoms with van der Waals surface area (Å²) in [5.41, 5.74) is 1.75. The zero-order valence-corrected chi connectivity index (χ0v) is 9.44. The second-order valence-electron chi connectivity index (χ2n) is 4.92. The largest absolute Gasteiger partial charge is 0.411 e. The van der Waals surface area contributed by atoms with Crippen molar-refractivity contribution in [2.45, 2.75) is 25.3 Å². The molecule has 2 aliphatic rings. The lowest BCUT2D eigenvalue weighted by Crippen LogP contribution is -2.35. The molecule has 0 amide bonds. The van der Waals surface area contributed by atoms with Crippen molar-refractivity contribution in [3.63, 3.8) is 0 Å². The van der Waals surface area contributed by atoms with Crippen molar-refractivity contribution in [1.82, 2.24) is 0 Å². The van der Waals surface area contributed by atoms with Crippen molar-refractivity contribution < 1.29 is 9.60 Å². The summed E-state index contributed by atoms with van der Waals surface area (Å²) >= 11 is 0. The molecule has 3 nitrogen and oxygen atoms in total. The SMILES string of the molecule is ON=C1C2CCC(C2)C1Nc1ccc(F)cc1. The van der Waals surface area contributed by atoms with Gasteiger partial charge < -0.3 is 10.5 Å². The van der Waals surface area contributed by atoms with Crippen LogP contribution in [0, 0.1) is 17.7 Å². The fourth-order valence-electron chi connectivity index (χ4n) is 3.14. The first-order valence-electron chi connectivity index (χ1n) is 6.02. The third-order valence-corrected chi connectivity index (χ3v) is 3.96. The number of benzene rings is 1. The van der Waals surface area contributed by atoms with Crippen LogP contribution in [0.4, 0.5) is 10.1 Å². The molecule has 0 radical (unpaired) electrons. The van der Waals surface area contributed by atoms with Gasteiger partial charge in [0, 0.05) is 11.6 Å². The van der Waals surface area contributed by atoms with Crippen LogP contribution in [0.2, 0.25) is 0 Å². The Morgan fingerprint density at radius 1 is 1.24 bits per heavy atom. The van der Waals surface area contributed by atoms with Crippen molar-refractivity contribution in [2.24, 2.45) is 17.0 Å². The Labute approximate surface area is 99.3 Å². The molecule has 2 fully saturated rings. The number of nitrogens with one attached hydrogen (secondary N) is 1. The Kier molecular flexibility index (Phi) is 2.50. The van der Waals surface area contributed by atoms with Crippen molar-refractivity contribution in [1.29, 1.82) is 0 Å². The molecular weight excluding hydrogens is 219 g/mol. The van der Waals surface area contributed by atoms with Gasteiger partial charge >= 0.3 is 0 Å². The first-order valence-corrected chi connectivity index (χ1v) is 6.02. The highest BCUT2D eigenvalue weighted by molar-refractivity contribution is 5.96. The highest BCUT2D eigenvalue weighted by Gasteiger charge is 2.45. The van der Waals surface area contributed by atoms with E-state index in [1.807, 2.05) is 0 Å². The summed E-state index contributed by atoms with van der Waals surface area (Å²) < 4.78 is 12.8. The number of hydrogen-bond acceptors (Lipinski definition) is 3. The summed E-state index contributed by atoms with van der Waals surface area (Å²) in [6.07, 6.45) is 3.42. The van der Waals surface area contributed by atoms with Crippen LogP contribution in [-0.4, -0.2) is 17.0 Å². The molecule has 3 atom stereocenters. The van der Waals surface area contributed by atoms with E-state index in [0.29, 0.717) is 11.8 Å². The standard InChI is InChI=1S/C13H15FN2O/c14-10-3-5-11(6-4-10)15-12-8-1-2-9(7-8)13(12)16-17/h3-6,8-9,12,15,17H,1-2,7H2. The smallest absolute Gasteiger partial charge is 0.123 e. The van der Waals surface area contributed by atoms with Gasteiger partial charge in [0.25, 0.3) is 0 Å². The molecule has 1 aromatic rings. The number of anilines is 1. The topological polar surface area (TPSA) is 44.6 Å². The number of nitrogens with zero attached hydrogens (tertiary/aromatic N) is 1. The van der Waals surface area contributed by atoms with E-state index in [1.54, 1.807) is 12.1 Å².